The van der Waals surface area contributed by atoms with Crippen LogP contribution in [0, 0.1) is 13.8 Å². The summed E-state index contributed by atoms with van der Waals surface area (Å²) in [6.07, 6.45) is 4.27. The maximum absolute atomic E-state index is 13.3. The van der Waals surface area contributed by atoms with Gasteiger partial charge in [-0.1, -0.05) is 12.1 Å². The molecule has 2 aliphatic rings. The third kappa shape index (κ3) is 3.32. The van der Waals surface area contributed by atoms with Crippen molar-refractivity contribution in [2.75, 3.05) is 19.0 Å². The van der Waals surface area contributed by atoms with E-state index in [-0.39, 0.29) is 5.91 Å². The first-order valence-corrected chi connectivity index (χ1v) is 10.6. The fourth-order valence-electron chi connectivity index (χ4n) is 4.29. The quantitative estimate of drug-likeness (QED) is 0.670. The molecule has 1 aromatic carbocycles. The number of nitrogens with one attached hydrogen (secondary N) is 1. The number of anilines is 1. The van der Waals surface area contributed by atoms with E-state index in [0.717, 1.165) is 53.0 Å². The highest BCUT2D eigenvalue weighted by Gasteiger charge is 2.51. The molecule has 158 valence electrons. The summed E-state index contributed by atoms with van der Waals surface area (Å²) in [4.78, 5) is 22.4. The zero-order valence-electron chi connectivity index (χ0n) is 18.0. The first-order chi connectivity index (χ1) is 15.0. The van der Waals surface area contributed by atoms with Gasteiger partial charge in [-0.05, 0) is 73.2 Å². The van der Waals surface area contributed by atoms with Crippen LogP contribution < -0.4 is 14.8 Å². The van der Waals surface area contributed by atoms with Crippen molar-refractivity contribution in [2.24, 2.45) is 0 Å². The number of hydrogen-bond donors (Lipinski definition) is 1. The van der Waals surface area contributed by atoms with Gasteiger partial charge in [-0.25, -0.2) is 9.97 Å². The molecule has 0 atom stereocenters. The average Bonchev–Trinajstić information content (AvgIpc) is 3.47. The van der Waals surface area contributed by atoms with Crippen molar-refractivity contribution in [3.8, 4) is 22.9 Å². The summed E-state index contributed by atoms with van der Waals surface area (Å²) in [5, 5.41) is 3.08. The highest BCUT2D eigenvalue weighted by atomic mass is 16.5. The number of pyridine rings is 2. The van der Waals surface area contributed by atoms with Crippen LogP contribution in [0.1, 0.15) is 35.1 Å². The van der Waals surface area contributed by atoms with E-state index in [0.29, 0.717) is 18.3 Å². The first-order valence-electron chi connectivity index (χ1n) is 10.6. The summed E-state index contributed by atoms with van der Waals surface area (Å²) in [6.45, 7) is 4.75. The monoisotopic (exact) mass is 415 g/mol. The van der Waals surface area contributed by atoms with Gasteiger partial charge in [0.15, 0.2) is 0 Å². The van der Waals surface area contributed by atoms with E-state index < -0.39 is 5.41 Å². The van der Waals surface area contributed by atoms with E-state index in [4.69, 9.17) is 14.5 Å². The number of carbonyl (C=O) groups excluding carboxylic acids is 1. The summed E-state index contributed by atoms with van der Waals surface area (Å²) < 4.78 is 11.0. The molecule has 6 nitrogen and oxygen atoms in total. The van der Waals surface area contributed by atoms with Gasteiger partial charge >= 0.3 is 0 Å². The molecule has 1 aliphatic carbocycles. The smallest absolute Gasteiger partial charge is 0.236 e. The summed E-state index contributed by atoms with van der Waals surface area (Å²) in [7, 11) is 1.60. The Kier molecular flexibility index (Phi) is 4.65. The molecule has 1 saturated carbocycles. The lowest BCUT2D eigenvalue weighted by atomic mass is 9.92. The number of amides is 1. The van der Waals surface area contributed by atoms with Gasteiger partial charge in [-0.15, -0.1) is 0 Å². The zero-order valence-corrected chi connectivity index (χ0v) is 18.0. The Bertz CT molecular complexity index is 1180. The molecule has 6 heteroatoms. The molecule has 0 saturated heterocycles. The van der Waals surface area contributed by atoms with Crippen LogP contribution in [0.3, 0.4) is 0 Å². The Labute approximate surface area is 181 Å². The Morgan fingerprint density at radius 1 is 1.19 bits per heavy atom. The molecule has 3 aromatic rings. The molecule has 0 spiro atoms. The van der Waals surface area contributed by atoms with Crippen LogP contribution in [0.4, 0.5) is 5.82 Å². The van der Waals surface area contributed by atoms with Gasteiger partial charge in [-0.3, -0.25) is 4.79 Å². The van der Waals surface area contributed by atoms with Gasteiger partial charge in [0, 0.05) is 12.6 Å². The third-order valence-corrected chi connectivity index (χ3v) is 6.42. The van der Waals surface area contributed by atoms with Crippen molar-refractivity contribution >= 4 is 11.7 Å². The Morgan fingerprint density at radius 2 is 2.03 bits per heavy atom. The molecular formula is C25H25N3O3. The zero-order chi connectivity index (χ0) is 21.6. The molecule has 3 heterocycles. The van der Waals surface area contributed by atoms with E-state index in [2.05, 4.69) is 16.4 Å². The van der Waals surface area contributed by atoms with Crippen LogP contribution in [0.2, 0.25) is 0 Å². The van der Waals surface area contributed by atoms with Gasteiger partial charge in [0.1, 0.15) is 11.6 Å². The van der Waals surface area contributed by atoms with Crippen molar-refractivity contribution in [2.45, 2.75) is 38.5 Å². The maximum atomic E-state index is 13.3. The Hall–Kier alpha value is -3.41. The molecule has 1 aliphatic heterocycles. The van der Waals surface area contributed by atoms with Gasteiger partial charge < -0.3 is 14.8 Å². The second-order valence-electron chi connectivity index (χ2n) is 8.32. The number of fused-ring (bicyclic) bond motifs is 1. The second-order valence-corrected chi connectivity index (χ2v) is 8.32. The molecule has 2 aromatic heterocycles. The molecule has 0 unspecified atom stereocenters. The number of hydrogen-bond acceptors (Lipinski definition) is 5. The molecule has 0 bridgehead atoms. The lowest BCUT2D eigenvalue weighted by Gasteiger charge is -2.18. The maximum Gasteiger partial charge on any atom is 0.236 e. The van der Waals surface area contributed by atoms with Crippen molar-refractivity contribution < 1.29 is 14.3 Å². The van der Waals surface area contributed by atoms with Gasteiger partial charge in [0.25, 0.3) is 0 Å². The van der Waals surface area contributed by atoms with Crippen LogP contribution in [0.25, 0.3) is 11.3 Å². The SMILES string of the molecule is COc1ncccc1-c1nc(NC(=O)C2(c3ccc4c(c3)CCO4)CC2)cc(C)c1C. The lowest BCUT2D eigenvalue weighted by molar-refractivity contribution is -0.118. The summed E-state index contributed by atoms with van der Waals surface area (Å²) in [6, 6.07) is 11.9. The largest absolute Gasteiger partial charge is 0.493 e. The van der Waals surface area contributed by atoms with E-state index in [1.54, 1.807) is 13.3 Å². The lowest BCUT2D eigenvalue weighted by Crippen LogP contribution is -2.28. The van der Waals surface area contributed by atoms with Crippen molar-refractivity contribution in [1.29, 1.82) is 0 Å². The molecule has 0 radical (unpaired) electrons. The van der Waals surface area contributed by atoms with Crippen molar-refractivity contribution in [3.63, 3.8) is 0 Å². The molecule has 5 rings (SSSR count). The first kappa shape index (κ1) is 19.5. The summed E-state index contributed by atoms with van der Waals surface area (Å²) >= 11 is 0. The van der Waals surface area contributed by atoms with E-state index in [1.165, 1.54) is 5.56 Å². The number of aromatic nitrogens is 2. The second kappa shape index (κ2) is 7.38. The third-order valence-electron chi connectivity index (χ3n) is 6.42. The normalized spacial score (nSPS) is 15.7. The van der Waals surface area contributed by atoms with Gasteiger partial charge in [0.05, 0.1) is 30.4 Å². The van der Waals surface area contributed by atoms with Crippen LogP contribution in [-0.4, -0.2) is 29.6 Å². The summed E-state index contributed by atoms with van der Waals surface area (Å²) in [5.41, 5.74) is 5.42. The number of benzene rings is 1. The minimum atomic E-state index is -0.482. The predicted octanol–water partition coefficient (Wildman–Crippen LogP) is 4.37. The van der Waals surface area contributed by atoms with Crippen molar-refractivity contribution in [3.05, 3.63) is 64.8 Å². The minimum absolute atomic E-state index is 0.00813. The Balaban J connectivity index is 1.46. The summed E-state index contributed by atoms with van der Waals surface area (Å²) in [5.74, 6) is 1.99. The molecule has 31 heavy (non-hydrogen) atoms. The number of aryl methyl sites for hydroxylation is 1. The molecular weight excluding hydrogens is 390 g/mol. The highest BCUT2D eigenvalue weighted by molar-refractivity contribution is 6.01. The Morgan fingerprint density at radius 3 is 2.81 bits per heavy atom. The fourth-order valence-corrected chi connectivity index (χ4v) is 4.29. The number of nitrogens with zero attached hydrogens (tertiary/aromatic N) is 2. The highest BCUT2D eigenvalue weighted by Crippen LogP contribution is 2.50. The van der Waals surface area contributed by atoms with Crippen LogP contribution in [0.5, 0.6) is 11.6 Å². The number of ether oxygens (including phenoxy) is 2. The molecule has 1 N–H and O–H groups in total. The van der Waals surface area contributed by atoms with E-state index in [1.807, 2.05) is 44.2 Å². The molecule has 1 fully saturated rings. The number of rotatable bonds is 5. The van der Waals surface area contributed by atoms with Crippen LogP contribution in [0.15, 0.2) is 42.6 Å². The van der Waals surface area contributed by atoms with Gasteiger partial charge in [0.2, 0.25) is 11.8 Å². The number of methoxy groups -OCH3 is 1. The fraction of sp³-hybridized carbons (Fsp3) is 0.320. The van der Waals surface area contributed by atoms with Crippen molar-refractivity contribution in [1.82, 2.24) is 9.97 Å². The van der Waals surface area contributed by atoms with E-state index >= 15 is 0 Å². The predicted molar refractivity (Wildman–Crippen MR) is 119 cm³/mol. The number of carbonyl (C=O) groups is 1. The van der Waals surface area contributed by atoms with Crippen LogP contribution in [-0.2, 0) is 16.6 Å². The minimum Gasteiger partial charge on any atom is -0.493 e. The standard InChI is InChI=1S/C25H25N3O3/c1-15-13-21(27-22(16(15)2)19-5-4-11-26-23(19)30-3)28-24(29)25(9-10-25)18-6-7-20-17(14-18)8-12-31-20/h4-7,11,13-14H,8-10,12H2,1-3H3,(H,27,28,29). The topological polar surface area (TPSA) is 73.3 Å². The average molecular weight is 415 g/mol. The van der Waals surface area contributed by atoms with Crippen LogP contribution >= 0.6 is 0 Å². The van der Waals surface area contributed by atoms with E-state index in [9.17, 15) is 4.79 Å². The molecule has 1 amide bonds. The van der Waals surface area contributed by atoms with Gasteiger partial charge in [-0.2, -0.15) is 0 Å².